The molecule has 4 amide bonds. The van der Waals surface area contributed by atoms with Crippen molar-refractivity contribution in [2.45, 2.75) is 127 Å². The maximum Gasteiger partial charge on any atom is 0.411 e. The van der Waals surface area contributed by atoms with Crippen molar-refractivity contribution in [3.05, 3.63) is 47.0 Å². The second kappa shape index (κ2) is 19.1. The molecule has 20 heteroatoms. The minimum Gasteiger partial charge on any atom is -0.491 e. The lowest BCUT2D eigenvalue weighted by atomic mass is 9.92. The maximum absolute atomic E-state index is 15.1. The molecular weight excluding hydrogens is 922 g/mol. The van der Waals surface area contributed by atoms with Gasteiger partial charge in [-0.25, -0.2) is 23.2 Å². The summed E-state index contributed by atoms with van der Waals surface area (Å²) < 4.78 is 52.7. The number of nitrogens with zero attached hydrogens (tertiary/aromatic N) is 5. The van der Waals surface area contributed by atoms with Gasteiger partial charge < -0.3 is 29.2 Å². The Balaban J connectivity index is 1.17. The third-order valence-corrected chi connectivity index (χ3v) is 16.5. The van der Waals surface area contributed by atoms with E-state index in [2.05, 4.69) is 35.4 Å². The van der Waals surface area contributed by atoms with Crippen molar-refractivity contribution >= 4 is 67.7 Å². The van der Waals surface area contributed by atoms with Crippen LogP contribution in [0.4, 0.5) is 4.79 Å². The Kier molecular flexibility index (Phi) is 13.9. The molecule has 5 fully saturated rings. The molecule has 0 unspecified atom stereocenters. The Morgan fingerprint density at radius 1 is 1.12 bits per heavy atom. The van der Waals surface area contributed by atoms with Gasteiger partial charge in [-0.2, -0.15) is 0 Å². The van der Waals surface area contributed by atoms with E-state index in [1.54, 1.807) is 32.9 Å². The summed E-state index contributed by atoms with van der Waals surface area (Å²) in [6.07, 6.45) is 1.44. The van der Waals surface area contributed by atoms with Gasteiger partial charge in [0, 0.05) is 55.4 Å². The van der Waals surface area contributed by atoms with Crippen molar-refractivity contribution in [3.8, 4) is 22.2 Å². The molecule has 0 spiro atoms. The van der Waals surface area contributed by atoms with Crippen LogP contribution in [0.1, 0.15) is 92.2 Å². The Hall–Kier alpha value is -4.56. The molecule has 364 valence electrons. The number of thiazole rings is 1. The number of hydrogen-bond donors (Lipinski definition) is 2. The normalized spacial score (nSPS) is 26.0. The van der Waals surface area contributed by atoms with E-state index in [0.717, 1.165) is 18.8 Å². The van der Waals surface area contributed by atoms with Gasteiger partial charge in [-0.15, -0.1) is 17.9 Å². The van der Waals surface area contributed by atoms with Crippen molar-refractivity contribution in [1.82, 2.24) is 34.7 Å². The summed E-state index contributed by atoms with van der Waals surface area (Å²) in [7, 11) is -3.95. The second-order valence-electron chi connectivity index (χ2n) is 19.7. The first kappa shape index (κ1) is 48.9. The number of hydrogen-bond acceptors (Lipinski definition) is 14. The molecule has 0 radical (unpaired) electrons. The minimum atomic E-state index is -3.95. The van der Waals surface area contributed by atoms with Crippen LogP contribution in [0.2, 0.25) is 5.02 Å². The third kappa shape index (κ3) is 10.1. The van der Waals surface area contributed by atoms with Gasteiger partial charge in [-0.1, -0.05) is 51.8 Å². The van der Waals surface area contributed by atoms with Crippen LogP contribution in [0.5, 0.6) is 11.5 Å². The minimum absolute atomic E-state index is 0.0351. The molecule has 1 aromatic carbocycles. The highest BCUT2D eigenvalue weighted by molar-refractivity contribution is 7.91. The fourth-order valence-electron chi connectivity index (χ4n) is 9.16. The zero-order chi connectivity index (χ0) is 48.2. The quantitative estimate of drug-likeness (QED) is 0.161. The summed E-state index contributed by atoms with van der Waals surface area (Å²) in [5.41, 5.74) is -0.693. The van der Waals surface area contributed by atoms with Crippen molar-refractivity contribution in [2.75, 3.05) is 46.0 Å². The van der Waals surface area contributed by atoms with E-state index in [4.69, 9.17) is 40.5 Å². The lowest BCUT2D eigenvalue weighted by Gasteiger charge is -2.46. The van der Waals surface area contributed by atoms with Crippen molar-refractivity contribution in [3.63, 3.8) is 0 Å². The molecule has 3 aliphatic heterocycles. The summed E-state index contributed by atoms with van der Waals surface area (Å²) in [4.78, 5) is 72.9. The SMILES string of the molecule is C=C[C@@H]1C[C@]1(NC(=O)[C@@H]1C[C@@H](Oc2cc(-c3nc(C(C)C)cs3)nc3c(Cl)c(OCCN4CCOCC4)ccc23)[C@H]2CN(C(=O)OC(C)(C)C)[C@H]([C@H](C)CC)C(=O)N21)C(=O)NS(=O)(=O)C1CC1. The van der Waals surface area contributed by atoms with Crippen LogP contribution in [-0.4, -0.2) is 144 Å². The van der Waals surface area contributed by atoms with Gasteiger partial charge in [0.25, 0.3) is 5.91 Å². The average molecular weight is 985 g/mol. The average Bonchev–Trinajstić information content (AvgIpc) is 4.17. The number of piperazine rings is 1. The molecule has 2 N–H and O–H groups in total. The number of ether oxygens (including phenoxy) is 4. The van der Waals surface area contributed by atoms with E-state index < -0.39 is 80.4 Å². The topological polar surface area (TPSA) is 199 Å². The van der Waals surface area contributed by atoms with Crippen molar-refractivity contribution in [2.24, 2.45) is 11.8 Å². The van der Waals surface area contributed by atoms with Crippen LogP contribution >= 0.6 is 22.9 Å². The number of aromatic nitrogens is 2. The lowest BCUT2D eigenvalue weighted by molar-refractivity contribution is -0.153. The smallest absolute Gasteiger partial charge is 0.411 e. The summed E-state index contributed by atoms with van der Waals surface area (Å²) >= 11 is 8.60. The number of carbonyl (C=O) groups is 4. The summed E-state index contributed by atoms with van der Waals surface area (Å²) in [6, 6.07) is 2.31. The van der Waals surface area contributed by atoms with E-state index in [0.29, 0.717) is 78.7 Å². The number of morpholine rings is 1. The molecule has 5 heterocycles. The van der Waals surface area contributed by atoms with Gasteiger partial charge in [0.05, 0.1) is 35.7 Å². The lowest BCUT2D eigenvalue weighted by Crippen LogP contribution is -2.68. The van der Waals surface area contributed by atoms with Gasteiger partial charge in [0.15, 0.2) is 0 Å². The monoisotopic (exact) mass is 983 g/mol. The number of nitrogens with one attached hydrogen (secondary N) is 2. The summed E-state index contributed by atoms with van der Waals surface area (Å²) in [5, 5.41) is 5.63. The van der Waals surface area contributed by atoms with Gasteiger partial charge in [-0.05, 0) is 64.0 Å². The number of pyridine rings is 1. The number of amides is 4. The number of sulfonamides is 1. The largest absolute Gasteiger partial charge is 0.491 e. The number of halogens is 1. The Morgan fingerprint density at radius 2 is 1.85 bits per heavy atom. The van der Waals surface area contributed by atoms with E-state index in [1.807, 2.05) is 25.3 Å². The molecule has 2 aromatic heterocycles. The van der Waals surface area contributed by atoms with Gasteiger partial charge >= 0.3 is 6.09 Å². The van der Waals surface area contributed by atoms with Crippen molar-refractivity contribution in [1.29, 1.82) is 0 Å². The summed E-state index contributed by atoms with van der Waals surface area (Å²) in [5.74, 6) is -1.92. The third-order valence-electron chi connectivity index (χ3n) is 13.4. The van der Waals surface area contributed by atoms with Gasteiger partial charge in [0.2, 0.25) is 21.8 Å². The highest BCUT2D eigenvalue weighted by Gasteiger charge is 2.63. The first-order valence-electron chi connectivity index (χ1n) is 23.3. The van der Waals surface area contributed by atoms with Crippen LogP contribution in [0.25, 0.3) is 21.6 Å². The Bertz CT molecular complexity index is 2520. The predicted octanol–water partition coefficient (Wildman–Crippen LogP) is 5.90. The van der Waals surface area contributed by atoms with Gasteiger partial charge in [-0.3, -0.25) is 28.9 Å². The van der Waals surface area contributed by atoms with E-state index in [9.17, 15) is 22.8 Å². The number of carbonyl (C=O) groups excluding carboxylic acids is 4. The molecule has 5 aliphatic rings. The highest BCUT2D eigenvalue weighted by atomic mass is 35.5. The van der Waals surface area contributed by atoms with Crippen LogP contribution in [0, 0.1) is 11.8 Å². The van der Waals surface area contributed by atoms with Gasteiger partial charge in [0.1, 0.15) is 63.2 Å². The second-order valence-corrected chi connectivity index (χ2v) is 22.9. The molecule has 0 bridgehead atoms. The van der Waals surface area contributed by atoms with Crippen molar-refractivity contribution < 1.29 is 46.5 Å². The Morgan fingerprint density at radius 3 is 2.48 bits per heavy atom. The zero-order valence-electron chi connectivity index (χ0n) is 39.2. The predicted molar refractivity (Wildman–Crippen MR) is 254 cm³/mol. The molecule has 8 rings (SSSR count). The molecule has 2 aliphatic carbocycles. The first-order valence-corrected chi connectivity index (χ1v) is 26.1. The highest BCUT2D eigenvalue weighted by Crippen LogP contribution is 2.47. The number of benzene rings is 1. The standard InChI is InChI=1S/C47H62ClN7O10S2/c1-9-27(5)40-43(57)55-33(41(56)51-47(23-28(47)10-2)44(58)52-67(60,61)29-11-12-29)22-37(34(55)24-54(40)45(59)65-46(6,7)8)64-36-21-31(42-50-32(25-66-42)26(3)4)49-39-30(36)13-14-35(38(39)48)63-20-17-53-15-18-62-19-16-53/h10,13-14,21,25-29,33-34,37,40H,2,9,11-12,15-20,22-24H2,1,3-8H3,(H,51,56)(H,52,58)/t27-,28-,33+,34-,37-,40-,47-/m1/s1. The Labute approximate surface area is 401 Å². The number of fused-ring (bicyclic) bond motifs is 2. The van der Waals surface area contributed by atoms with Crippen LogP contribution < -0.4 is 19.5 Å². The molecule has 7 atom stereocenters. The molecule has 2 saturated carbocycles. The molecule has 17 nitrogen and oxygen atoms in total. The zero-order valence-corrected chi connectivity index (χ0v) is 41.6. The van der Waals surface area contributed by atoms with E-state index in [1.165, 1.54) is 27.2 Å². The molecule has 3 saturated heterocycles. The maximum atomic E-state index is 15.1. The first-order chi connectivity index (χ1) is 31.7. The molecular formula is C47H62ClN7O10S2. The van der Waals surface area contributed by atoms with Crippen LogP contribution in [-0.2, 0) is 33.9 Å². The fraction of sp³-hybridized carbons (Fsp3) is 0.617. The summed E-state index contributed by atoms with van der Waals surface area (Å²) in [6.45, 7) is 21.0. The number of rotatable bonds is 16. The van der Waals surface area contributed by atoms with E-state index in [-0.39, 0.29) is 36.2 Å². The molecule has 67 heavy (non-hydrogen) atoms. The van der Waals surface area contributed by atoms with Crippen LogP contribution in [0.15, 0.2) is 36.2 Å². The van der Waals surface area contributed by atoms with Crippen LogP contribution in [0.3, 0.4) is 0 Å². The fourth-order valence-corrected chi connectivity index (χ4v) is 11.7. The molecule has 3 aromatic rings. The van der Waals surface area contributed by atoms with E-state index >= 15 is 4.79 Å².